The normalized spacial score (nSPS) is 11.0. The van der Waals surface area contributed by atoms with Crippen LogP contribution in [0.3, 0.4) is 0 Å². The molecule has 126 valence electrons. The zero-order chi connectivity index (χ0) is 17.0. The van der Waals surface area contributed by atoms with Gasteiger partial charge in [0, 0.05) is 6.54 Å². The summed E-state index contributed by atoms with van der Waals surface area (Å²) < 4.78 is 7.27. The Kier molecular flexibility index (Phi) is 6.07. The maximum absolute atomic E-state index is 12.3. The molecule has 0 radical (unpaired) electrons. The van der Waals surface area contributed by atoms with Gasteiger partial charge in [0.05, 0.1) is 36.1 Å². The highest BCUT2D eigenvalue weighted by Crippen LogP contribution is 2.29. The van der Waals surface area contributed by atoms with E-state index in [1.54, 1.807) is 29.5 Å². The van der Waals surface area contributed by atoms with E-state index in [2.05, 4.69) is 18.9 Å². The summed E-state index contributed by atoms with van der Waals surface area (Å²) in [6.45, 7) is 7.50. The molecule has 0 bridgehead atoms. The SMILES string of the molecule is COc1ccsc1CN(C(=O)CCl)c1cnn(CC(C)C)c1C. The summed E-state index contributed by atoms with van der Waals surface area (Å²) in [4.78, 5) is 15.0. The molecule has 0 saturated heterocycles. The second-order valence-electron chi connectivity index (χ2n) is 5.72. The summed E-state index contributed by atoms with van der Waals surface area (Å²) in [7, 11) is 1.63. The van der Waals surface area contributed by atoms with Crippen molar-refractivity contribution in [3.8, 4) is 5.75 Å². The molecular weight excluding hydrogens is 334 g/mol. The molecule has 0 aliphatic carbocycles. The van der Waals surface area contributed by atoms with Crippen molar-refractivity contribution >= 4 is 34.5 Å². The number of aromatic nitrogens is 2. The van der Waals surface area contributed by atoms with Crippen molar-refractivity contribution in [2.45, 2.75) is 33.9 Å². The Balaban J connectivity index is 2.32. The van der Waals surface area contributed by atoms with E-state index >= 15 is 0 Å². The molecule has 0 aliphatic heterocycles. The van der Waals surface area contributed by atoms with E-state index in [0.29, 0.717) is 12.5 Å². The Hall–Kier alpha value is -1.53. The Morgan fingerprint density at radius 2 is 2.26 bits per heavy atom. The van der Waals surface area contributed by atoms with Gasteiger partial charge in [-0.1, -0.05) is 13.8 Å². The minimum atomic E-state index is -0.144. The Bertz CT molecular complexity index is 666. The van der Waals surface area contributed by atoms with Gasteiger partial charge in [0.15, 0.2) is 0 Å². The van der Waals surface area contributed by atoms with E-state index < -0.39 is 0 Å². The first-order chi connectivity index (χ1) is 11.0. The van der Waals surface area contributed by atoms with Gasteiger partial charge in [0.1, 0.15) is 11.6 Å². The summed E-state index contributed by atoms with van der Waals surface area (Å²) in [5.74, 6) is 1.06. The van der Waals surface area contributed by atoms with Crippen LogP contribution in [0.1, 0.15) is 24.4 Å². The molecule has 7 heteroatoms. The molecule has 2 heterocycles. The largest absolute Gasteiger partial charge is 0.496 e. The van der Waals surface area contributed by atoms with E-state index in [-0.39, 0.29) is 11.8 Å². The van der Waals surface area contributed by atoms with Crippen LogP contribution in [0.25, 0.3) is 0 Å². The van der Waals surface area contributed by atoms with Crippen molar-refractivity contribution in [3.63, 3.8) is 0 Å². The summed E-state index contributed by atoms with van der Waals surface area (Å²) in [5, 5.41) is 6.37. The fourth-order valence-corrected chi connectivity index (χ4v) is 3.35. The first-order valence-corrected chi connectivity index (χ1v) is 8.88. The number of hydrogen-bond acceptors (Lipinski definition) is 4. The van der Waals surface area contributed by atoms with Crippen LogP contribution in [-0.2, 0) is 17.9 Å². The number of hydrogen-bond donors (Lipinski definition) is 0. The number of rotatable bonds is 7. The van der Waals surface area contributed by atoms with Gasteiger partial charge >= 0.3 is 0 Å². The number of carbonyl (C=O) groups is 1. The van der Waals surface area contributed by atoms with Crippen LogP contribution in [-0.4, -0.2) is 28.7 Å². The molecule has 0 N–H and O–H groups in total. The summed E-state index contributed by atoms with van der Waals surface area (Å²) in [6.07, 6.45) is 1.74. The van der Waals surface area contributed by atoms with Gasteiger partial charge in [-0.05, 0) is 24.3 Å². The third kappa shape index (κ3) is 4.06. The van der Waals surface area contributed by atoms with Gasteiger partial charge in [-0.25, -0.2) is 0 Å². The van der Waals surface area contributed by atoms with Crippen LogP contribution in [0.15, 0.2) is 17.6 Å². The standard InChI is InChI=1S/C16H22ClN3O2S/c1-11(2)9-20-12(3)13(8-18-20)19(16(21)7-17)10-15-14(22-4)5-6-23-15/h5-6,8,11H,7,9-10H2,1-4H3. The quantitative estimate of drug-likeness (QED) is 0.711. The lowest BCUT2D eigenvalue weighted by Crippen LogP contribution is -2.31. The number of methoxy groups -OCH3 is 1. The van der Waals surface area contributed by atoms with Crippen LogP contribution in [0.5, 0.6) is 5.75 Å². The van der Waals surface area contributed by atoms with Crippen molar-refractivity contribution in [2.75, 3.05) is 17.9 Å². The number of carbonyl (C=O) groups excluding carboxylic acids is 1. The molecule has 23 heavy (non-hydrogen) atoms. The smallest absolute Gasteiger partial charge is 0.242 e. The summed E-state index contributed by atoms with van der Waals surface area (Å²) >= 11 is 7.37. The van der Waals surface area contributed by atoms with Gasteiger partial charge in [-0.2, -0.15) is 5.10 Å². The van der Waals surface area contributed by atoms with Crippen LogP contribution in [0, 0.1) is 12.8 Å². The average molecular weight is 356 g/mol. The monoisotopic (exact) mass is 355 g/mol. The van der Waals surface area contributed by atoms with Crippen molar-refractivity contribution in [3.05, 3.63) is 28.2 Å². The molecule has 2 aromatic rings. The second-order valence-corrected chi connectivity index (χ2v) is 6.98. The number of ether oxygens (including phenoxy) is 1. The molecule has 2 rings (SSSR count). The molecule has 1 amide bonds. The van der Waals surface area contributed by atoms with Crippen LogP contribution in [0.4, 0.5) is 5.69 Å². The molecule has 0 fully saturated rings. The zero-order valence-corrected chi connectivity index (χ0v) is 15.4. The third-order valence-electron chi connectivity index (χ3n) is 3.55. The molecule has 0 aliphatic rings. The number of anilines is 1. The average Bonchev–Trinajstić information content (AvgIpc) is 3.11. The summed E-state index contributed by atoms with van der Waals surface area (Å²) in [5.41, 5.74) is 1.76. The lowest BCUT2D eigenvalue weighted by atomic mass is 10.2. The van der Waals surface area contributed by atoms with E-state index in [1.165, 1.54) is 0 Å². The minimum absolute atomic E-state index is 0.0670. The summed E-state index contributed by atoms with van der Waals surface area (Å²) in [6, 6.07) is 1.90. The highest BCUT2D eigenvalue weighted by molar-refractivity contribution is 7.10. The number of thiophene rings is 1. The number of alkyl halides is 1. The first-order valence-electron chi connectivity index (χ1n) is 7.47. The number of nitrogens with zero attached hydrogens (tertiary/aromatic N) is 3. The highest BCUT2D eigenvalue weighted by atomic mass is 35.5. The van der Waals surface area contributed by atoms with Crippen molar-refractivity contribution in [2.24, 2.45) is 5.92 Å². The molecule has 0 spiro atoms. The molecule has 0 atom stereocenters. The predicted molar refractivity (Wildman–Crippen MR) is 94.6 cm³/mol. The van der Waals surface area contributed by atoms with Gasteiger partial charge in [-0.15, -0.1) is 22.9 Å². The van der Waals surface area contributed by atoms with E-state index in [4.69, 9.17) is 16.3 Å². The Labute approximate surface area is 145 Å². The fourth-order valence-electron chi connectivity index (χ4n) is 2.38. The molecule has 0 unspecified atom stereocenters. The number of amides is 1. The zero-order valence-electron chi connectivity index (χ0n) is 13.9. The topological polar surface area (TPSA) is 47.4 Å². The molecular formula is C16H22ClN3O2S. The molecule has 0 aromatic carbocycles. The van der Waals surface area contributed by atoms with Crippen molar-refractivity contribution in [1.82, 2.24) is 9.78 Å². The van der Waals surface area contributed by atoms with Gasteiger partial charge < -0.3 is 9.64 Å². The predicted octanol–water partition coefficient (Wildman–Crippen LogP) is 3.69. The molecule has 0 saturated carbocycles. The molecule has 2 aromatic heterocycles. The fraction of sp³-hybridized carbons (Fsp3) is 0.500. The third-order valence-corrected chi connectivity index (χ3v) is 4.66. The second kappa shape index (κ2) is 7.84. The van der Waals surface area contributed by atoms with E-state index in [0.717, 1.165) is 28.6 Å². The first kappa shape index (κ1) is 17.8. The van der Waals surface area contributed by atoms with Crippen LogP contribution in [0.2, 0.25) is 0 Å². The van der Waals surface area contributed by atoms with Gasteiger partial charge in [-0.3, -0.25) is 9.48 Å². The Morgan fingerprint density at radius 1 is 1.52 bits per heavy atom. The van der Waals surface area contributed by atoms with Gasteiger partial charge in [0.2, 0.25) is 5.91 Å². The lowest BCUT2D eigenvalue weighted by Gasteiger charge is -2.21. The Morgan fingerprint density at radius 3 is 2.87 bits per heavy atom. The van der Waals surface area contributed by atoms with Crippen molar-refractivity contribution < 1.29 is 9.53 Å². The highest BCUT2D eigenvalue weighted by Gasteiger charge is 2.22. The van der Waals surface area contributed by atoms with Gasteiger partial charge in [0.25, 0.3) is 0 Å². The maximum atomic E-state index is 12.3. The minimum Gasteiger partial charge on any atom is -0.496 e. The number of halogens is 1. The van der Waals surface area contributed by atoms with Crippen molar-refractivity contribution in [1.29, 1.82) is 0 Å². The lowest BCUT2D eigenvalue weighted by molar-refractivity contribution is -0.116. The van der Waals surface area contributed by atoms with E-state index in [1.807, 2.05) is 23.1 Å². The van der Waals surface area contributed by atoms with E-state index in [9.17, 15) is 4.79 Å². The molecule has 5 nitrogen and oxygen atoms in total. The van der Waals surface area contributed by atoms with Crippen LogP contribution >= 0.6 is 22.9 Å². The van der Waals surface area contributed by atoms with Crippen LogP contribution < -0.4 is 9.64 Å². The maximum Gasteiger partial charge on any atom is 0.242 e.